The second-order valence-corrected chi connectivity index (χ2v) is 12.6. The number of aromatic nitrogens is 1. The molecule has 0 saturated heterocycles. The number of Topliss-reactive ketones (excluding diaryl/α,β-unsaturated/α-hetero) is 1. The summed E-state index contributed by atoms with van der Waals surface area (Å²) in [6.07, 6.45) is 4.51. The van der Waals surface area contributed by atoms with Crippen molar-refractivity contribution in [3.05, 3.63) is 89.5 Å². The maximum atomic E-state index is 13.6. The highest BCUT2D eigenvalue weighted by Gasteiger charge is 2.36. The average molecular weight is 713 g/mol. The van der Waals surface area contributed by atoms with Crippen LogP contribution in [0.25, 0.3) is 0 Å². The Labute approximate surface area is 230 Å². The van der Waals surface area contributed by atoms with Crippen LogP contribution in [0.2, 0.25) is 0 Å². The number of phenols is 1. The first kappa shape index (κ1) is 24.5. The fourth-order valence-corrected chi connectivity index (χ4v) is 7.58. The molecule has 0 amide bonds. The van der Waals surface area contributed by atoms with Gasteiger partial charge in [0, 0.05) is 24.8 Å². The molecular weight excluding hydrogens is 692 g/mol. The van der Waals surface area contributed by atoms with Gasteiger partial charge in [-0.05, 0) is 106 Å². The van der Waals surface area contributed by atoms with E-state index in [1.807, 2.05) is 19.1 Å². The third-order valence-corrected chi connectivity index (χ3v) is 9.41. The molecule has 0 fully saturated rings. The van der Waals surface area contributed by atoms with Gasteiger partial charge in [-0.25, -0.2) is 12.4 Å². The van der Waals surface area contributed by atoms with Gasteiger partial charge in [0.05, 0.1) is 23.4 Å². The van der Waals surface area contributed by atoms with E-state index in [9.17, 15) is 18.3 Å². The molecule has 7 nitrogen and oxygen atoms in total. The molecular formula is C25H21I2N3O4S. The van der Waals surface area contributed by atoms with Crippen LogP contribution in [0.4, 0.5) is 0 Å². The molecule has 0 saturated carbocycles. The van der Waals surface area contributed by atoms with Crippen LogP contribution < -0.4 is 5.32 Å². The molecule has 0 radical (unpaired) electrons. The average Bonchev–Trinajstić information content (AvgIpc) is 3.23. The fourth-order valence-electron chi connectivity index (χ4n) is 4.29. The molecule has 10 heteroatoms. The van der Waals surface area contributed by atoms with Gasteiger partial charge in [-0.3, -0.25) is 9.79 Å². The number of nitrogens with one attached hydrogen (secondary N) is 1. The lowest BCUT2D eigenvalue weighted by Crippen LogP contribution is -2.32. The zero-order chi connectivity index (χ0) is 24.9. The van der Waals surface area contributed by atoms with Crippen LogP contribution in [0.3, 0.4) is 0 Å². The number of aliphatic imine (C=N–C) groups is 1. The smallest absolute Gasteiger partial charge is 0.268 e. The molecule has 0 unspecified atom stereocenters. The summed E-state index contributed by atoms with van der Waals surface area (Å²) in [5.74, 6) is -0.0973. The van der Waals surface area contributed by atoms with E-state index in [-0.39, 0.29) is 22.1 Å². The van der Waals surface area contributed by atoms with E-state index in [1.54, 1.807) is 36.5 Å². The summed E-state index contributed by atoms with van der Waals surface area (Å²) in [6.45, 7) is 2.90. The number of aromatic hydroxyl groups is 1. The number of hydrogen-bond donors (Lipinski definition) is 2. The molecule has 0 bridgehead atoms. The number of carbonyl (C=O) groups is 1. The number of hydrogen-bond acceptors (Lipinski definition) is 6. The maximum Gasteiger partial charge on any atom is 0.268 e. The minimum atomic E-state index is -3.96. The molecule has 2 aliphatic rings. The Kier molecular flexibility index (Phi) is 6.55. The molecule has 1 aliphatic heterocycles. The van der Waals surface area contributed by atoms with Crippen molar-refractivity contribution in [1.29, 1.82) is 0 Å². The predicted octanol–water partition coefficient (Wildman–Crippen LogP) is 4.21. The Morgan fingerprint density at radius 2 is 1.83 bits per heavy atom. The fraction of sp³-hybridized carbons (Fsp3) is 0.200. The molecule has 5 rings (SSSR count). The SMILES string of the molecule is Cc1ccc(S(=O)(=O)n2cc3c4c2C(=O)C(NCCc2cc(I)c(O)c(I)c2)=CC4=NCC3)cc1. The van der Waals surface area contributed by atoms with Crippen molar-refractivity contribution in [2.75, 3.05) is 13.1 Å². The predicted molar refractivity (Wildman–Crippen MR) is 151 cm³/mol. The lowest BCUT2D eigenvalue weighted by molar-refractivity contribution is 0.102. The Bertz CT molecular complexity index is 1510. The highest BCUT2D eigenvalue weighted by molar-refractivity contribution is 14.1. The van der Waals surface area contributed by atoms with E-state index in [2.05, 4.69) is 55.5 Å². The van der Waals surface area contributed by atoms with Gasteiger partial charge >= 0.3 is 0 Å². The highest BCUT2D eigenvalue weighted by Crippen LogP contribution is 2.32. The van der Waals surface area contributed by atoms with Gasteiger partial charge in [-0.1, -0.05) is 17.7 Å². The van der Waals surface area contributed by atoms with Gasteiger partial charge in [0.2, 0.25) is 5.78 Å². The lowest BCUT2D eigenvalue weighted by Gasteiger charge is -2.21. The Morgan fingerprint density at radius 3 is 2.51 bits per heavy atom. The van der Waals surface area contributed by atoms with Crippen LogP contribution >= 0.6 is 45.2 Å². The summed E-state index contributed by atoms with van der Waals surface area (Å²) in [5, 5.41) is 13.2. The molecule has 35 heavy (non-hydrogen) atoms. The van der Waals surface area contributed by atoms with Gasteiger partial charge in [0.1, 0.15) is 11.4 Å². The zero-order valence-corrected chi connectivity index (χ0v) is 23.8. The number of phenolic OH excluding ortho intramolecular Hbond substituents is 1. The summed E-state index contributed by atoms with van der Waals surface area (Å²) in [7, 11) is -3.96. The quantitative estimate of drug-likeness (QED) is 0.374. The van der Waals surface area contributed by atoms with Crippen molar-refractivity contribution in [2.24, 2.45) is 4.99 Å². The van der Waals surface area contributed by atoms with Crippen molar-refractivity contribution < 1.29 is 18.3 Å². The van der Waals surface area contributed by atoms with Gasteiger partial charge < -0.3 is 10.4 Å². The number of rotatable bonds is 6. The van der Waals surface area contributed by atoms with E-state index in [0.29, 0.717) is 42.9 Å². The number of allylic oxidation sites excluding steroid dienone is 2. The van der Waals surface area contributed by atoms with Crippen molar-refractivity contribution in [3.63, 3.8) is 0 Å². The van der Waals surface area contributed by atoms with E-state index < -0.39 is 10.0 Å². The third kappa shape index (κ3) is 4.44. The molecule has 2 N–H and O–H groups in total. The topological polar surface area (TPSA) is 101 Å². The molecule has 2 heterocycles. The van der Waals surface area contributed by atoms with Crippen LogP contribution in [-0.4, -0.2) is 42.1 Å². The number of carbonyl (C=O) groups excluding carboxylic acids is 1. The first-order valence-corrected chi connectivity index (χ1v) is 14.5. The monoisotopic (exact) mass is 713 g/mol. The van der Waals surface area contributed by atoms with Crippen LogP contribution in [-0.2, 0) is 22.9 Å². The Balaban J connectivity index is 1.46. The minimum absolute atomic E-state index is 0.137. The molecule has 0 spiro atoms. The van der Waals surface area contributed by atoms with E-state index in [0.717, 1.165) is 27.8 Å². The largest absolute Gasteiger partial charge is 0.506 e. The number of halogens is 2. The van der Waals surface area contributed by atoms with Gasteiger partial charge in [0.25, 0.3) is 10.0 Å². The van der Waals surface area contributed by atoms with Crippen LogP contribution in [0.1, 0.15) is 32.7 Å². The van der Waals surface area contributed by atoms with Crippen molar-refractivity contribution in [2.45, 2.75) is 24.7 Å². The molecule has 0 atom stereocenters. The number of benzene rings is 2. The summed E-state index contributed by atoms with van der Waals surface area (Å²) >= 11 is 4.18. The normalized spacial score (nSPS) is 14.9. The van der Waals surface area contributed by atoms with Crippen molar-refractivity contribution in [3.8, 4) is 5.75 Å². The first-order chi connectivity index (χ1) is 16.7. The van der Waals surface area contributed by atoms with Crippen molar-refractivity contribution in [1.82, 2.24) is 9.29 Å². The Hall–Kier alpha value is -2.19. The minimum Gasteiger partial charge on any atom is -0.506 e. The number of ketones is 1. The summed E-state index contributed by atoms with van der Waals surface area (Å²) < 4.78 is 29.7. The van der Waals surface area contributed by atoms with E-state index >= 15 is 0 Å². The summed E-state index contributed by atoms with van der Waals surface area (Å²) in [6, 6.07) is 10.4. The molecule has 180 valence electrons. The number of nitrogens with zero attached hydrogens (tertiary/aromatic N) is 2. The first-order valence-electron chi connectivity index (χ1n) is 11.0. The van der Waals surface area contributed by atoms with Gasteiger partial charge in [0.15, 0.2) is 0 Å². The molecule has 2 aromatic carbocycles. The Morgan fingerprint density at radius 1 is 1.14 bits per heavy atom. The molecule has 1 aromatic heterocycles. The summed E-state index contributed by atoms with van der Waals surface area (Å²) in [4.78, 5) is 18.3. The second kappa shape index (κ2) is 9.36. The standard InChI is InChI=1S/C25H21I2N3O4S/c1-14-2-4-17(5-3-14)35(33,34)30-13-16-7-9-28-20-12-21(25(32)23(30)22(16)20)29-8-6-15-10-18(26)24(31)19(27)11-15/h2-5,10-13,29,31H,6-9H2,1H3. The lowest BCUT2D eigenvalue weighted by atomic mass is 9.92. The third-order valence-electron chi connectivity index (χ3n) is 6.10. The van der Waals surface area contributed by atoms with E-state index in [4.69, 9.17) is 0 Å². The van der Waals surface area contributed by atoms with Crippen LogP contribution in [0.15, 0.2) is 64.3 Å². The summed E-state index contributed by atoms with van der Waals surface area (Å²) in [5.41, 5.74) is 4.51. The van der Waals surface area contributed by atoms with E-state index in [1.165, 1.54) is 0 Å². The van der Waals surface area contributed by atoms with Crippen LogP contribution in [0, 0.1) is 14.1 Å². The molecule has 1 aliphatic carbocycles. The highest BCUT2D eigenvalue weighted by atomic mass is 127. The molecule has 3 aromatic rings. The second-order valence-electron chi connectivity index (χ2n) is 8.48. The van der Waals surface area contributed by atoms with Crippen molar-refractivity contribution >= 4 is 66.7 Å². The van der Waals surface area contributed by atoms with Gasteiger partial charge in [-0.2, -0.15) is 0 Å². The van der Waals surface area contributed by atoms with Crippen LogP contribution in [0.5, 0.6) is 5.75 Å². The zero-order valence-electron chi connectivity index (χ0n) is 18.7. The van der Waals surface area contributed by atoms with Gasteiger partial charge in [-0.15, -0.1) is 0 Å². The number of aryl methyl sites for hydroxylation is 1. The maximum absolute atomic E-state index is 13.6.